The molecule has 0 saturated carbocycles. The Balaban J connectivity index is 2.67. The average Bonchev–Trinajstić information content (AvgIpc) is 2.32. The Morgan fingerprint density at radius 1 is 1.31 bits per heavy atom. The summed E-state index contributed by atoms with van der Waals surface area (Å²) in [6.07, 6.45) is 3.83. The quantitative estimate of drug-likeness (QED) is 0.704. The monoisotopic (exact) mass is 219 g/mol. The Labute approximate surface area is 97.6 Å². The fraction of sp³-hybridized carbons (Fsp3) is 0.500. The van der Waals surface area contributed by atoms with Crippen molar-refractivity contribution in [2.45, 2.75) is 19.8 Å². The summed E-state index contributed by atoms with van der Waals surface area (Å²) in [6.45, 7) is 2.63. The molecule has 1 radical (unpaired) electrons. The zero-order valence-electron chi connectivity index (χ0n) is 9.98. The minimum atomic E-state index is -0.0276. The van der Waals surface area contributed by atoms with Gasteiger partial charge in [0.2, 0.25) is 6.29 Å². The third-order valence-corrected chi connectivity index (χ3v) is 2.88. The Morgan fingerprint density at radius 3 is 2.50 bits per heavy atom. The molecule has 0 fully saturated rings. The maximum Gasteiger partial charge on any atom is 0.202 e. The van der Waals surface area contributed by atoms with Crippen molar-refractivity contribution in [3.05, 3.63) is 35.9 Å². The predicted octanol–water partition coefficient (Wildman–Crippen LogP) is 2.63. The summed E-state index contributed by atoms with van der Waals surface area (Å²) in [4.78, 5) is 10.9. The second kappa shape index (κ2) is 7.18. The van der Waals surface area contributed by atoms with Crippen LogP contribution in [-0.2, 0) is 16.0 Å². The van der Waals surface area contributed by atoms with E-state index >= 15 is 0 Å². The number of hydrogen-bond acceptors (Lipinski definition) is 2. The van der Waals surface area contributed by atoms with Crippen LogP contribution in [0.2, 0.25) is 0 Å². The van der Waals surface area contributed by atoms with Gasteiger partial charge in [-0.05, 0) is 24.3 Å². The van der Waals surface area contributed by atoms with Crippen LogP contribution < -0.4 is 0 Å². The second-order valence-electron chi connectivity index (χ2n) is 4.04. The van der Waals surface area contributed by atoms with E-state index in [0.717, 1.165) is 12.8 Å². The summed E-state index contributed by atoms with van der Waals surface area (Å²) < 4.78 is 5.18. The normalized spacial score (nSPS) is 14.4. The summed E-state index contributed by atoms with van der Waals surface area (Å²) >= 11 is 0. The van der Waals surface area contributed by atoms with Gasteiger partial charge >= 0.3 is 0 Å². The maximum atomic E-state index is 10.9. The third-order valence-electron chi connectivity index (χ3n) is 2.88. The van der Waals surface area contributed by atoms with Crippen LogP contribution in [0.1, 0.15) is 18.9 Å². The van der Waals surface area contributed by atoms with E-state index in [1.54, 1.807) is 7.11 Å². The first kappa shape index (κ1) is 12.9. The Kier molecular flexibility index (Phi) is 5.79. The first-order valence-electron chi connectivity index (χ1n) is 5.72. The van der Waals surface area contributed by atoms with Crippen LogP contribution in [0.15, 0.2) is 30.3 Å². The van der Waals surface area contributed by atoms with Crippen molar-refractivity contribution in [1.29, 1.82) is 0 Å². The van der Waals surface area contributed by atoms with Gasteiger partial charge in [0.1, 0.15) is 0 Å². The van der Waals surface area contributed by atoms with Crippen molar-refractivity contribution in [3.63, 3.8) is 0 Å². The van der Waals surface area contributed by atoms with Gasteiger partial charge in [0, 0.05) is 13.0 Å². The van der Waals surface area contributed by atoms with Crippen LogP contribution in [0.3, 0.4) is 0 Å². The Morgan fingerprint density at radius 2 is 2.00 bits per heavy atom. The molecular formula is C14H19O2. The number of methoxy groups -OCH3 is 1. The van der Waals surface area contributed by atoms with Gasteiger partial charge in [0.25, 0.3) is 0 Å². The smallest absolute Gasteiger partial charge is 0.202 e. The fourth-order valence-corrected chi connectivity index (χ4v) is 1.96. The van der Waals surface area contributed by atoms with E-state index in [1.807, 2.05) is 25.1 Å². The molecule has 2 nitrogen and oxygen atoms in total. The van der Waals surface area contributed by atoms with Crippen LogP contribution >= 0.6 is 0 Å². The first-order valence-corrected chi connectivity index (χ1v) is 5.72. The van der Waals surface area contributed by atoms with E-state index in [4.69, 9.17) is 4.74 Å². The molecule has 1 aromatic rings. The van der Waals surface area contributed by atoms with Gasteiger partial charge in [-0.1, -0.05) is 37.3 Å². The lowest BCUT2D eigenvalue weighted by Crippen LogP contribution is -2.22. The molecule has 0 aliphatic heterocycles. The molecule has 0 bridgehead atoms. The van der Waals surface area contributed by atoms with Crippen LogP contribution in [0.5, 0.6) is 0 Å². The number of benzene rings is 1. The SMILES string of the molecule is CCC([C]=O)C(COC)Cc1ccccc1. The first-order chi connectivity index (χ1) is 7.81. The van der Waals surface area contributed by atoms with Crippen molar-refractivity contribution in [3.8, 4) is 0 Å². The molecule has 0 aliphatic carbocycles. The highest BCUT2D eigenvalue weighted by Gasteiger charge is 2.20. The molecule has 0 saturated heterocycles. The zero-order chi connectivity index (χ0) is 11.8. The number of hydrogen-bond donors (Lipinski definition) is 0. The van der Waals surface area contributed by atoms with Gasteiger partial charge in [-0.2, -0.15) is 0 Å². The Bertz CT molecular complexity index is 295. The molecule has 0 amide bonds. The zero-order valence-corrected chi connectivity index (χ0v) is 9.98. The third kappa shape index (κ3) is 3.78. The molecule has 2 heteroatoms. The van der Waals surface area contributed by atoms with Crippen LogP contribution in [0.4, 0.5) is 0 Å². The van der Waals surface area contributed by atoms with Crippen molar-refractivity contribution >= 4 is 6.29 Å². The van der Waals surface area contributed by atoms with E-state index in [0.29, 0.717) is 6.61 Å². The molecule has 0 aliphatic rings. The van der Waals surface area contributed by atoms with Crippen molar-refractivity contribution in [2.75, 3.05) is 13.7 Å². The Hall–Kier alpha value is -1.15. The molecule has 2 atom stereocenters. The summed E-state index contributed by atoms with van der Waals surface area (Å²) in [5, 5.41) is 0. The molecular weight excluding hydrogens is 200 g/mol. The predicted molar refractivity (Wildman–Crippen MR) is 65.0 cm³/mol. The van der Waals surface area contributed by atoms with Crippen molar-refractivity contribution in [2.24, 2.45) is 11.8 Å². The van der Waals surface area contributed by atoms with E-state index < -0.39 is 0 Å². The molecule has 2 unspecified atom stereocenters. The number of rotatable bonds is 7. The molecule has 0 aromatic heterocycles. The molecule has 1 aromatic carbocycles. The van der Waals surface area contributed by atoms with Gasteiger partial charge in [-0.25, -0.2) is 0 Å². The summed E-state index contributed by atoms with van der Waals surface area (Å²) in [5.74, 6) is 0.204. The molecule has 87 valence electrons. The molecule has 0 N–H and O–H groups in total. The van der Waals surface area contributed by atoms with E-state index in [1.165, 1.54) is 5.56 Å². The number of ether oxygens (including phenoxy) is 1. The molecule has 1 rings (SSSR count). The van der Waals surface area contributed by atoms with E-state index in [9.17, 15) is 4.79 Å². The van der Waals surface area contributed by atoms with Gasteiger partial charge in [0.05, 0.1) is 6.61 Å². The lowest BCUT2D eigenvalue weighted by molar-refractivity contribution is 0.133. The summed E-state index contributed by atoms with van der Waals surface area (Å²) in [6, 6.07) is 10.2. The van der Waals surface area contributed by atoms with Crippen molar-refractivity contribution in [1.82, 2.24) is 0 Å². The van der Waals surface area contributed by atoms with Crippen LogP contribution in [0, 0.1) is 11.8 Å². The summed E-state index contributed by atoms with van der Waals surface area (Å²) in [5.41, 5.74) is 1.25. The molecule has 0 heterocycles. The van der Waals surface area contributed by atoms with Crippen LogP contribution in [-0.4, -0.2) is 20.0 Å². The second-order valence-corrected chi connectivity index (χ2v) is 4.04. The fourth-order valence-electron chi connectivity index (χ4n) is 1.96. The van der Waals surface area contributed by atoms with Crippen LogP contribution in [0.25, 0.3) is 0 Å². The highest BCUT2D eigenvalue weighted by molar-refractivity contribution is 5.55. The maximum absolute atomic E-state index is 10.9. The average molecular weight is 219 g/mol. The standard InChI is InChI=1S/C14H19O2/c1-3-13(10-15)14(11-16-2)9-12-7-5-4-6-8-12/h4-8,13-14H,3,9,11H2,1-2H3. The van der Waals surface area contributed by atoms with Gasteiger partial charge in [-0.3, -0.25) is 4.79 Å². The highest BCUT2D eigenvalue weighted by Crippen LogP contribution is 2.19. The lowest BCUT2D eigenvalue weighted by atomic mass is 9.86. The number of carbonyl (C=O) groups excluding carboxylic acids is 1. The molecule has 16 heavy (non-hydrogen) atoms. The van der Waals surface area contributed by atoms with E-state index in [2.05, 4.69) is 18.4 Å². The summed E-state index contributed by atoms with van der Waals surface area (Å²) in [7, 11) is 1.68. The van der Waals surface area contributed by atoms with Gasteiger partial charge in [0.15, 0.2) is 0 Å². The van der Waals surface area contributed by atoms with Gasteiger partial charge < -0.3 is 4.74 Å². The highest BCUT2D eigenvalue weighted by atomic mass is 16.5. The van der Waals surface area contributed by atoms with E-state index in [-0.39, 0.29) is 11.8 Å². The van der Waals surface area contributed by atoms with Crippen molar-refractivity contribution < 1.29 is 9.53 Å². The minimum Gasteiger partial charge on any atom is -0.384 e. The molecule has 0 spiro atoms. The lowest BCUT2D eigenvalue weighted by Gasteiger charge is -2.20. The van der Waals surface area contributed by atoms with Gasteiger partial charge in [-0.15, -0.1) is 0 Å². The topological polar surface area (TPSA) is 26.3 Å². The minimum absolute atomic E-state index is 0.0276. The largest absolute Gasteiger partial charge is 0.384 e.